The summed E-state index contributed by atoms with van der Waals surface area (Å²) < 4.78 is 6.60. The molecule has 2 aromatic carbocycles. The van der Waals surface area contributed by atoms with Crippen LogP contribution in [0.3, 0.4) is 0 Å². The van der Waals surface area contributed by atoms with Gasteiger partial charge in [-0.2, -0.15) is 0 Å². The van der Waals surface area contributed by atoms with E-state index in [1.807, 2.05) is 25.1 Å². The van der Waals surface area contributed by atoms with Crippen LogP contribution in [0.2, 0.25) is 10.0 Å². The maximum Gasteiger partial charge on any atom is 0.291 e. The highest BCUT2D eigenvalue weighted by Crippen LogP contribution is 2.30. The molecule has 0 atom stereocenters. The van der Waals surface area contributed by atoms with Crippen LogP contribution in [0.4, 0.5) is 5.69 Å². The molecular formula is C18H12BrCl2NO2. The number of halogens is 3. The number of carbonyl (C=O) groups is 1. The summed E-state index contributed by atoms with van der Waals surface area (Å²) in [5.41, 5.74) is 2.44. The standard InChI is InChI=1S/C18H12BrCl2NO2/c1-10-8-12(19)3-5-15(10)22-18(23)17-7-6-16(24-17)11-2-4-13(20)14(21)9-11/h2-9H,1H3,(H,22,23). The molecule has 0 saturated carbocycles. The quantitative estimate of drug-likeness (QED) is 0.516. The highest BCUT2D eigenvalue weighted by Gasteiger charge is 2.14. The lowest BCUT2D eigenvalue weighted by atomic mass is 10.2. The Morgan fingerprint density at radius 3 is 2.54 bits per heavy atom. The first-order chi connectivity index (χ1) is 11.4. The second kappa shape index (κ2) is 7.01. The van der Waals surface area contributed by atoms with Crippen LogP contribution in [0.15, 0.2) is 57.4 Å². The number of nitrogens with one attached hydrogen (secondary N) is 1. The number of carbonyl (C=O) groups excluding carboxylic acids is 1. The van der Waals surface area contributed by atoms with Gasteiger partial charge in [0.25, 0.3) is 5.91 Å². The Hall–Kier alpha value is -1.75. The second-order valence-electron chi connectivity index (χ2n) is 5.21. The number of rotatable bonds is 3. The predicted molar refractivity (Wildman–Crippen MR) is 101 cm³/mol. The average molecular weight is 425 g/mol. The number of hydrogen-bond donors (Lipinski definition) is 1. The van der Waals surface area contributed by atoms with Crippen molar-refractivity contribution in [1.29, 1.82) is 0 Å². The van der Waals surface area contributed by atoms with E-state index in [1.165, 1.54) is 0 Å². The lowest BCUT2D eigenvalue weighted by molar-refractivity contribution is 0.0997. The zero-order valence-corrected chi connectivity index (χ0v) is 15.7. The van der Waals surface area contributed by atoms with Crippen LogP contribution in [-0.2, 0) is 0 Å². The molecular weight excluding hydrogens is 413 g/mol. The van der Waals surface area contributed by atoms with Crippen LogP contribution in [-0.4, -0.2) is 5.91 Å². The summed E-state index contributed by atoms with van der Waals surface area (Å²) in [5, 5.41) is 3.74. The lowest BCUT2D eigenvalue weighted by Gasteiger charge is -2.07. The van der Waals surface area contributed by atoms with Gasteiger partial charge in [0.2, 0.25) is 0 Å². The summed E-state index contributed by atoms with van der Waals surface area (Å²) in [7, 11) is 0. The van der Waals surface area contributed by atoms with Crippen LogP contribution in [0, 0.1) is 6.92 Å². The Bertz CT molecular complexity index is 921. The maximum absolute atomic E-state index is 12.4. The number of aryl methyl sites for hydroxylation is 1. The van der Waals surface area contributed by atoms with Crippen LogP contribution >= 0.6 is 39.1 Å². The molecule has 0 unspecified atom stereocenters. The van der Waals surface area contributed by atoms with Gasteiger partial charge < -0.3 is 9.73 Å². The van der Waals surface area contributed by atoms with Crippen molar-refractivity contribution in [2.75, 3.05) is 5.32 Å². The first-order valence-corrected chi connectivity index (χ1v) is 8.61. The molecule has 0 saturated heterocycles. The molecule has 0 fully saturated rings. The van der Waals surface area contributed by atoms with Crippen molar-refractivity contribution in [3.63, 3.8) is 0 Å². The van der Waals surface area contributed by atoms with Gasteiger partial charge >= 0.3 is 0 Å². The molecule has 1 amide bonds. The van der Waals surface area contributed by atoms with Crippen LogP contribution in [0.1, 0.15) is 16.1 Å². The van der Waals surface area contributed by atoms with Gasteiger partial charge in [0.1, 0.15) is 5.76 Å². The molecule has 3 aromatic rings. The molecule has 0 aliphatic heterocycles. The van der Waals surface area contributed by atoms with E-state index in [0.29, 0.717) is 15.8 Å². The Balaban J connectivity index is 1.82. The highest BCUT2D eigenvalue weighted by atomic mass is 79.9. The van der Waals surface area contributed by atoms with Crippen molar-refractivity contribution in [3.05, 3.63) is 74.4 Å². The van der Waals surface area contributed by atoms with Crippen molar-refractivity contribution >= 4 is 50.7 Å². The summed E-state index contributed by atoms with van der Waals surface area (Å²) >= 11 is 15.3. The number of hydrogen-bond acceptors (Lipinski definition) is 2. The zero-order chi connectivity index (χ0) is 17.3. The molecule has 3 rings (SSSR count). The van der Waals surface area contributed by atoms with E-state index in [4.69, 9.17) is 27.6 Å². The number of amides is 1. The highest BCUT2D eigenvalue weighted by molar-refractivity contribution is 9.10. The SMILES string of the molecule is Cc1cc(Br)ccc1NC(=O)c1ccc(-c2ccc(Cl)c(Cl)c2)o1. The van der Waals surface area contributed by atoms with Crippen molar-refractivity contribution in [2.45, 2.75) is 6.92 Å². The molecule has 1 heterocycles. The van der Waals surface area contributed by atoms with E-state index in [2.05, 4.69) is 21.2 Å². The minimum Gasteiger partial charge on any atom is -0.451 e. The second-order valence-corrected chi connectivity index (χ2v) is 6.94. The molecule has 1 aromatic heterocycles. The van der Waals surface area contributed by atoms with E-state index in [0.717, 1.165) is 21.3 Å². The summed E-state index contributed by atoms with van der Waals surface area (Å²) in [4.78, 5) is 12.4. The first-order valence-electron chi connectivity index (χ1n) is 7.07. The van der Waals surface area contributed by atoms with Crippen LogP contribution in [0.5, 0.6) is 0 Å². The first kappa shape index (κ1) is 17.1. The van der Waals surface area contributed by atoms with E-state index in [1.54, 1.807) is 30.3 Å². The van der Waals surface area contributed by atoms with E-state index in [9.17, 15) is 4.79 Å². The molecule has 122 valence electrons. The smallest absolute Gasteiger partial charge is 0.291 e. The summed E-state index contributed by atoms with van der Waals surface area (Å²) in [6, 6.07) is 14.2. The van der Waals surface area contributed by atoms with Crippen LogP contribution < -0.4 is 5.32 Å². The van der Waals surface area contributed by atoms with Gasteiger partial charge in [-0.15, -0.1) is 0 Å². The molecule has 0 aliphatic carbocycles. The largest absolute Gasteiger partial charge is 0.451 e. The molecule has 6 heteroatoms. The molecule has 0 bridgehead atoms. The third kappa shape index (κ3) is 3.66. The lowest BCUT2D eigenvalue weighted by Crippen LogP contribution is -2.11. The third-order valence-electron chi connectivity index (χ3n) is 3.47. The minimum absolute atomic E-state index is 0.221. The molecule has 24 heavy (non-hydrogen) atoms. The van der Waals surface area contributed by atoms with Gasteiger partial charge in [0.05, 0.1) is 10.0 Å². The number of furan rings is 1. The van der Waals surface area contributed by atoms with E-state index >= 15 is 0 Å². The Kier molecular flexibility index (Phi) is 4.99. The third-order valence-corrected chi connectivity index (χ3v) is 4.70. The molecule has 0 aliphatic rings. The number of anilines is 1. The molecule has 1 N–H and O–H groups in total. The molecule has 0 spiro atoms. The monoisotopic (exact) mass is 423 g/mol. The Labute approximate surface area is 157 Å². The van der Waals surface area contributed by atoms with Gasteiger partial charge in [-0.1, -0.05) is 39.1 Å². The van der Waals surface area contributed by atoms with Crippen molar-refractivity contribution in [2.24, 2.45) is 0 Å². The fraction of sp³-hybridized carbons (Fsp3) is 0.0556. The Morgan fingerprint density at radius 2 is 1.83 bits per heavy atom. The van der Waals surface area contributed by atoms with E-state index in [-0.39, 0.29) is 11.7 Å². The Morgan fingerprint density at radius 1 is 1.04 bits per heavy atom. The molecule has 0 radical (unpaired) electrons. The fourth-order valence-electron chi connectivity index (χ4n) is 2.22. The van der Waals surface area contributed by atoms with Gasteiger partial charge in [0, 0.05) is 15.7 Å². The van der Waals surface area contributed by atoms with Gasteiger partial charge in [0.15, 0.2) is 5.76 Å². The van der Waals surface area contributed by atoms with Gasteiger partial charge in [-0.05, 0) is 61.0 Å². The maximum atomic E-state index is 12.4. The minimum atomic E-state index is -0.313. The topological polar surface area (TPSA) is 42.2 Å². The van der Waals surface area contributed by atoms with Crippen LogP contribution in [0.25, 0.3) is 11.3 Å². The van der Waals surface area contributed by atoms with E-state index < -0.39 is 0 Å². The summed E-state index contributed by atoms with van der Waals surface area (Å²) in [5.74, 6) is 0.455. The summed E-state index contributed by atoms with van der Waals surface area (Å²) in [6.07, 6.45) is 0. The fourth-order valence-corrected chi connectivity index (χ4v) is 2.99. The van der Waals surface area contributed by atoms with Crippen molar-refractivity contribution in [3.8, 4) is 11.3 Å². The number of benzene rings is 2. The predicted octanol–water partition coefficient (Wildman–Crippen LogP) is 6.58. The van der Waals surface area contributed by atoms with Crippen molar-refractivity contribution in [1.82, 2.24) is 0 Å². The normalized spacial score (nSPS) is 10.7. The average Bonchev–Trinajstić information content (AvgIpc) is 3.03. The molecule has 3 nitrogen and oxygen atoms in total. The van der Waals surface area contributed by atoms with Gasteiger partial charge in [-0.3, -0.25) is 4.79 Å². The zero-order valence-electron chi connectivity index (χ0n) is 12.6. The summed E-state index contributed by atoms with van der Waals surface area (Å²) in [6.45, 7) is 1.92. The van der Waals surface area contributed by atoms with Crippen molar-refractivity contribution < 1.29 is 9.21 Å². The van der Waals surface area contributed by atoms with Gasteiger partial charge in [-0.25, -0.2) is 0 Å².